The number of hydrogen-bond donors (Lipinski definition) is 1. The van der Waals surface area contributed by atoms with Gasteiger partial charge in [-0.1, -0.05) is 0 Å². The highest BCUT2D eigenvalue weighted by Crippen LogP contribution is 2.25. The molecule has 17 heavy (non-hydrogen) atoms. The van der Waals surface area contributed by atoms with E-state index in [1.54, 1.807) is 24.8 Å². The zero-order valence-corrected chi connectivity index (χ0v) is 9.84. The molecular weight excluding hydrogens is 216 g/mol. The number of hydrogen-bond acceptors (Lipinski definition) is 5. The Morgan fingerprint density at radius 2 is 2.06 bits per heavy atom. The Morgan fingerprint density at radius 3 is 2.82 bits per heavy atom. The van der Waals surface area contributed by atoms with Crippen molar-refractivity contribution < 1.29 is 4.74 Å². The van der Waals surface area contributed by atoms with Gasteiger partial charge in [0.25, 0.3) is 0 Å². The highest BCUT2D eigenvalue weighted by molar-refractivity contribution is 5.71. The summed E-state index contributed by atoms with van der Waals surface area (Å²) >= 11 is 0. The van der Waals surface area contributed by atoms with Crippen molar-refractivity contribution in [1.29, 1.82) is 0 Å². The predicted octanol–water partition coefficient (Wildman–Crippen LogP) is 1.98. The summed E-state index contributed by atoms with van der Waals surface area (Å²) in [6.07, 6.45) is 6.73. The van der Waals surface area contributed by atoms with E-state index < -0.39 is 0 Å². The van der Waals surface area contributed by atoms with Gasteiger partial charge in [0.05, 0.1) is 12.8 Å². The largest absolute Gasteiger partial charge is 0.492 e. The number of rotatable bonds is 4. The molecule has 0 saturated heterocycles. The van der Waals surface area contributed by atoms with Gasteiger partial charge in [0.2, 0.25) is 0 Å². The molecule has 5 nitrogen and oxygen atoms in total. The van der Waals surface area contributed by atoms with Crippen LogP contribution in [0, 0.1) is 0 Å². The van der Waals surface area contributed by atoms with Crippen molar-refractivity contribution in [1.82, 2.24) is 15.0 Å². The molecule has 0 radical (unpaired) electrons. The van der Waals surface area contributed by atoms with Crippen LogP contribution >= 0.6 is 0 Å². The summed E-state index contributed by atoms with van der Waals surface area (Å²) in [5, 5.41) is 3.00. The third kappa shape index (κ3) is 2.50. The van der Waals surface area contributed by atoms with Crippen LogP contribution in [0.4, 0.5) is 5.82 Å². The lowest BCUT2D eigenvalue weighted by Crippen LogP contribution is -1.98. The average Bonchev–Trinajstić information content (AvgIpc) is 2.39. The predicted molar refractivity (Wildman–Crippen MR) is 66.0 cm³/mol. The highest BCUT2D eigenvalue weighted by atomic mass is 16.5. The molecule has 1 N–H and O–H groups in total. The van der Waals surface area contributed by atoms with Crippen LogP contribution in [0.5, 0.6) is 5.75 Å². The van der Waals surface area contributed by atoms with Crippen molar-refractivity contribution in [2.45, 2.75) is 6.92 Å². The minimum atomic E-state index is 0.616. The normalized spacial score (nSPS) is 10.0. The molecule has 0 aromatic carbocycles. The quantitative estimate of drug-likeness (QED) is 0.870. The van der Waals surface area contributed by atoms with Crippen LogP contribution < -0.4 is 10.1 Å². The van der Waals surface area contributed by atoms with Crippen molar-refractivity contribution in [2.75, 3.05) is 19.0 Å². The fourth-order valence-electron chi connectivity index (χ4n) is 1.53. The monoisotopic (exact) mass is 230 g/mol. The van der Waals surface area contributed by atoms with Crippen molar-refractivity contribution in [3.8, 4) is 17.0 Å². The molecule has 2 heterocycles. The molecule has 0 spiro atoms. The molecule has 5 heteroatoms. The Bertz CT molecular complexity index is 501. The number of pyridine rings is 1. The minimum absolute atomic E-state index is 0.616. The standard InChI is InChI=1S/C12H14N4O/c1-3-17-10-6-9(7-14-8-10)11-12(13-2)16-5-4-15-11/h4-8H,3H2,1-2H3,(H,13,16). The number of aromatic nitrogens is 3. The van der Waals surface area contributed by atoms with Crippen LogP contribution in [-0.4, -0.2) is 28.6 Å². The summed E-state index contributed by atoms with van der Waals surface area (Å²) in [5.41, 5.74) is 1.65. The maximum absolute atomic E-state index is 5.41. The van der Waals surface area contributed by atoms with E-state index in [1.165, 1.54) is 0 Å². The van der Waals surface area contributed by atoms with E-state index >= 15 is 0 Å². The van der Waals surface area contributed by atoms with Gasteiger partial charge in [-0.05, 0) is 13.0 Å². The molecule has 2 aromatic rings. The summed E-state index contributed by atoms with van der Waals surface area (Å²) in [5.74, 6) is 1.46. The molecule has 0 fully saturated rings. The molecule has 0 saturated carbocycles. The number of nitrogens with one attached hydrogen (secondary N) is 1. The average molecular weight is 230 g/mol. The molecule has 88 valence electrons. The fraction of sp³-hybridized carbons (Fsp3) is 0.250. The lowest BCUT2D eigenvalue weighted by Gasteiger charge is -2.08. The second-order valence-corrected chi connectivity index (χ2v) is 3.35. The van der Waals surface area contributed by atoms with Gasteiger partial charge in [0, 0.05) is 31.2 Å². The molecule has 0 aliphatic rings. The second kappa shape index (κ2) is 5.25. The number of ether oxygens (including phenoxy) is 1. The van der Waals surface area contributed by atoms with Gasteiger partial charge in [0.15, 0.2) is 5.82 Å². The summed E-state index contributed by atoms with van der Waals surface area (Å²) in [4.78, 5) is 12.6. The van der Waals surface area contributed by atoms with E-state index in [-0.39, 0.29) is 0 Å². The Morgan fingerprint density at radius 1 is 1.24 bits per heavy atom. The van der Waals surface area contributed by atoms with Crippen LogP contribution in [0.3, 0.4) is 0 Å². The lowest BCUT2D eigenvalue weighted by molar-refractivity contribution is 0.339. The van der Waals surface area contributed by atoms with Gasteiger partial charge in [-0.2, -0.15) is 0 Å². The summed E-state index contributed by atoms with van der Waals surface area (Å²) in [6.45, 7) is 2.55. The van der Waals surface area contributed by atoms with Crippen LogP contribution in [0.25, 0.3) is 11.3 Å². The summed E-state index contributed by atoms with van der Waals surface area (Å²) < 4.78 is 5.41. The van der Waals surface area contributed by atoms with Gasteiger partial charge in [-0.25, -0.2) is 4.98 Å². The summed E-state index contributed by atoms with van der Waals surface area (Å²) in [7, 11) is 1.81. The van der Waals surface area contributed by atoms with Crippen molar-refractivity contribution in [3.63, 3.8) is 0 Å². The Kier molecular flexibility index (Phi) is 3.49. The van der Waals surface area contributed by atoms with Gasteiger partial charge < -0.3 is 10.1 Å². The highest BCUT2D eigenvalue weighted by Gasteiger charge is 2.07. The SMILES string of the molecule is CCOc1cncc(-c2nccnc2NC)c1. The van der Waals surface area contributed by atoms with Gasteiger partial charge in [-0.15, -0.1) is 0 Å². The molecule has 2 rings (SSSR count). The van der Waals surface area contributed by atoms with Crippen LogP contribution in [0.15, 0.2) is 30.9 Å². The first-order valence-electron chi connectivity index (χ1n) is 5.42. The summed E-state index contributed by atoms with van der Waals surface area (Å²) in [6, 6.07) is 1.90. The van der Waals surface area contributed by atoms with E-state index in [0.29, 0.717) is 6.61 Å². The van der Waals surface area contributed by atoms with Gasteiger partial charge >= 0.3 is 0 Å². The smallest absolute Gasteiger partial charge is 0.152 e. The molecule has 0 amide bonds. The van der Waals surface area contributed by atoms with Gasteiger partial charge in [0.1, 0.15) is 11.4 Å². The zero-order valence-electron chi connectivity index (χ0n) is 9.84. The Hall–Kier alpha value is -2.17. The molecular formula is C12H14N4O. The first-order chi connectivity index (χ1) is 8.35. The van der Waals surface area contributed by atoms with E-state index in [1.807, 2.05) is 20.0 Å². The third-order valence-corrected chi connectivity index (χ3v) is 2.23. The van der Waals surface area contributed by atoms with E-state index in [4.69, 9.17) is 4.74 Å². The van der Waals surface area contributed by atoms with Crippen molar-refractivity contribution in [3.05, 3.63) is 30.9 Å². The fourth-order valence-corrected chi connectivity index (χ4v) is 1.53. The number of nitrogens with zero attached hydrogens (tertiary/aromatic N) is 3. The molecule has 0 aliphatic heterocycles. The Balaban J connectivity index is 2.41. The second-order valence-electron chi connectivity index (χ2n) is 3.35. The van der Waals surface area contributed by atoms with Crippen LogP contribution in [-0.2, 0) is 0 Å². The minimum Gasteiger partial charge on any atom is -0.492 e. The van der Waals surface area contributed by atoms with Crippen LogP contribution in [0.2, 0.25) is 0 Å². The maximum Gasteiger partial charge on any atom is 0.152 e. The Labute approximate surface area is 99.9 Å². The molecule has 0 aliphatic carbocycles. The first-order valence-corrected chi connectivity index (χ1v) is 5.42. The number of anilines is 1. The molecule has 0 bridgehead atoms. The van der Waals surface area contributed by atoms with E-state index in [9.17, 15) is 0 Å². The van der Waals surface area contributed by atoms with Crippen molar-refractivity contribution in [2.24, 2.45) is 0 Å². The van der Waals surface area contributed by atoms with E-state index in [0.717, 1.165) is 22.8 Å². The zero-order chi connectivity index (χ0) is 12.1. The molecule has 2 aromatic heterocycles. The molecule has 0 unspecified atom stereocenters. The molecule has 0 atom stereocenters. The van der Waals surface area contributed by atoms with Crippen molar-refractivity contribution >= 4 is 5.82 Å². The third-order valence-electron chi connectivity index (χ3n) is 2.23. The maximum atomic E-state index is 5.41. The lowest BCUT2D eigenvalue weighted by atomic mass is 10.2. The van der Waals surface area contributed by atoms with Crippen LogP contribution in [0.1, 0.15) is 6.92 Å². The van der Waals surface area contributed by atoms with Gasteiger partial charge in [-0.3, -0.25) is 9.97 Å². The first kappa shape index (κ1) is 11.3. The van der Waals surface area contributed by atoms with E-state index in [2.05, 4.69) is 20.3 Å². The topological polar surface area (TPSA) is 59.9 Å².